The van der Waals surface area contributed by atoms with Crippen molar-refractivity contribution in [1.29, 1.82) is 0 Å². The number of esters is 1. The van der Waals surface area contributed by atoms with E-state index < -0.39 is 31.4 Å². The molecule has 2 N–H and O–H groups in total. The highest BCUT2D eigenvalue weighted by atomic mass is 35.5. The van der Waals surface area contributed by atoms with E-state index in [0.717, 1.165) is 0 Å². The number of carbonyl (C=O) groups excluding carboxylic acids is 2. The quantitative estimate of drug-likeness (QED) is 0.336. The Bertz CT molecular complexity index is 701. The number of hydrogen-bond donors (Lipinski definition) is 2. The molecule has 0 bridgehead atoms. The van der Waals surface area contributed by atoms with Gasteiger partial charge in [0.1, 0.15) is 0 Å². The van der Waals surface area contributed by atoms with Crippen LogP contribution in [0.15, 0.2) is 24.3 Å². The van der Waals surface area contributed by atoms with Crippen LogP contribution in [0.5, 0.6) is 0 Å². The molecule has 1 aromatic carbocycles. The van der Waals surface area contributed by atoms with E-state index in [1.165, 1.54) is 6.66 Å². The zero-order valence-corrected chi connectivity index (χ0v) is 18.5. The Balaban J connectivity index is 2.65. The van der Waals surface area contributed by atoms with Crippen molar-refractivity contribution in [2.24, 2.45) is 11.8 Å². The van der Waals surface area contributed by atoms with Crippen molar-refractivity contribution in [1.82, 2.24) is 5.32 Å². The lowest BCUT2D eigenvalue weighted by molar-refractivity contribution is -0.178. The zero-order chi connectivity index (χ0) is 21.5. The summed E-state index contributed by atoms with van der Waals surface area (Å²) in [7, 11) is -3.45. The highest BCUT2D eigenvalue weighted by Gasteiger charge is 2.28. The molecule has 0 fully saturated rings. The molecule has 0 aliphatic heterocycles. The third-order valence-electron chi connectivity index (χ3n) is 3.99. The maximum absolute atomic E-state index is 12.2. The smallest absolute Gasteiger partial charge is 0.410 e. The molecule has 0 heterocycles. The van der Waals surface area contributed by atoms with Crippen LogP contribution < -0.4 is 5.32 Å². The van der Waals surface area contributed by atoms with Gasteiger partial charge in [-0.3, -0.25) is 9.36 Å². The van der Waals surface area contributed by atoms with Crippen molar-refractivity contribution in [3.63, 3.8) is 0 Å². The molecule has 0 aliphatic carbocycles. The lowest BCUT2D eigenvalue weighted by Gasteiger charge is -2.23. The Labute approximate surface area is 171 Å². The second-order valence-electron chi connectivity index (χ2n) is 7.34. The zero-order valence-electron chi connectivity index (χ0n) is 16.8. The fourth-order valence-corrected chi connectivity index (χ4v) is 3.83. The van der Waals surface area contributed by atoms with Gasteiger partial charge in [-0.2, -0.15) is 0 Å². The molecular formula is C19H29ClNO6P. The number of alkyl carbamates (subject to hydrolysis) is 1. The highest BCUT2D eigenvalue weighted by Crippen LogP contribution is 2.54. The Morgan fingerprint density at radius 1 is 1.14 bits per heavy atom. The Kier molecular flexibility index (Phi) is 9.48. The number of nitrogens with one attached hydrogen (secondary N) is 1. The Morgan fingerprint density at radius 3 is 2.18 bits per heavy atom. The van der Waals surface area contributed by atoms with E-state index in [1.807, 2.05) is 0 Å². The van der Waals surface area contributed by atoms with E-state index in [-0.39, 0.29) is 24.8 Å². The average molecular weight is 434 g/mol. The summed E-state index contributed by atoms with van der Waals surface area (Å²) in [5, 5.41) is 3.07. The summed E-state index contributed by atoms with van der Waals surface area (Å²) in [5.41, 5.74) is 0.0172. The Hall–Kier alpha value is -1.56. The first-order chi connectivity index (χ1) is 12.9. The van der Waals surface area contributed by atoms with Gasteiger partial charge in [0.05, 0.1) is 11.6 Å². The van der Waals surface area contributed by atoms with Gasteiger partial charge in [-0.05, 0) is 24.1 Å². The van der Waals surface area contributed by atoms with Crippen LogP contribution in [0.4, 0.5) is 4.79 Å². The number of ether oxygens (including phenoxy) is 2. The standard InChI is InChI=1S/C19H29ClNO6P/c1-12(2)17(22)26-18(13(3)4)27-19(23)21-11-10-16(28(5,24)25)14-6-8-15(20)9-7-14/h6-9,12-13,16,18H,10-11H2,1-5H3,(H,21,23)(H,24,25)/t16-,18?/m1/s1. The molecule has 1 amide bonds. The van der Waals surface area contributed by atoms with Crippen molar-refractivity contribution in [3.05, 3.63) is 34.9 Å². The summed E-state index contributed by atoms with van der Waals surface area (Å²) in [6, 6.07) is 6.69. The minimum absolute atomic E-state index is 0.119. The highest BCUT2D eigenvalue weighted by molar-refractivity contribution is 7.57. The number of halogens is 1. The minimum Gasteiger partial charge on any atom is -0.425 e. The SMILES string of the molecule is CC(C)C(=O)OC(OC(=O)NCC[C@H](c1ccc(Cl)cc1)P(C)(=O)O)C(C)C. The van der Waals surface area contributed by atoms with E-state index >= 15 is 0 Å². The van der Waals surface area contributed by atoms with E-state index in [4.69, 9.17) is 21.1 Å². The molecule has 1 aromatic rings. The van der Waals surface area contributed by atoms with E-state index in [1.54, 1.807) is 52.0 Å². The lowest BCUT2D eigenvalue weighted by atomic mass is 10.1. The van der Waals surface area contributed by atoms with Crippen molar-refractivity contribution in [3.8, 4) is 0 Å². The van der Waals surface area contributed by atoms with Gasteiger partial charge in [-0.25, -0.2) is 4.79 Å². The molecule has 3 atom stereocenters. The van der Waals surface area contributed by atoms with Crippen LogP contribution in [0.2, 0.25) is 5.02 Å². The van der Waals surface area contributed by atoms with E-state index in [0.29, 0.717) is 10.6 Å². The third kappa shape index (κ3) is 8.21. The Morgan fingerprint density at radius 2 is 1.71 bits per heavy atom. The molecule has 0 spiro atoms. The largest absolute Gasteiger partial charge is 0.425 e. The number of carbonyl (C=O) groups is 2. The minimum atomic E-state index is -3.45. The topological polar surface area (TPSA) is 102 Å². The molecule has 9 heteroatoms. The summed E-state index contributed by atoms with van der Waals surface area (Å²) in [4.78, 5) is 33.8. The second kappa shape index (κ2) is 10.8. The first kappa shape index (κ1) is 24.5. The molecule has 0 aromatic heterocycles. The van der Waals surface area contributed by atoms with Crippen molar-refractivity contribution in [2.45, 2.75) is 46.1 Å². The van der Waals surface area contributed by atoms with Crippen LogP contribution >= 0.6 is 19.0 Å². The van der Waals surface area contributed by atoms with Gasteiger partial charge in [-0.15, -0.1) is 0 Å². The predicted molar refractivity (Wildman–Crippen MR) is 109 cm³/mol. The normalized spacial score (nSPS) is 15.6. The molecule has 1 rings (SSSR count). The number of benzene rings is 1. The van der Waals surface area contributed by atoms with Crippen molar-refractivity contribution in [2.75, 3.05) is 13.2 Å². The van der Waals surface area contributed by atoms with Gasteiger partial charge in [0.15, 0.2) is 0 Å². The summed E-state index contributed by atoms with van der Waals surface area (Å²) in [6.07, 6.45) is -1.52. The number of rotatable bonds is 9. The van der Waals surface area contributed by atoms with Gasteiger partial charge in [0.25, 0.3) is 6.29 Å². The number of amides is 1. The molecule has 158 valence electrons. The predicted octanol–water partition coefficient (Wildman–Crippen LogP) is 4.58. The lowest BCUT2D eigenvalue weighted by Crippen LogP contribution is -2.36. The summed E-state index contributed by atoms with van der Waals surface area (Å²) in [5.74, 6) is -1.01. The first-order valence-electron chi connectivity index (χ1n) is 9.12. The summed E-state index contributed by atoms with van der Waals surface area (Å²) < 4.78 is 22.6. The molecular weight excluding hydrogens is 405 g/mol. The summed E-state index contributed by atoms with van der Waals surface area (Å²) in [6.45, 7) is 8.31. The monoisotopic (exact) mass is 433 g/mol. The van der Waals surface area contributed by atoms with Gasteiger partial charge >= 0.3 is 12.1 Å². The van der Waals surface area contributed by atoms with E-state index in [2.05, 4.69) is 5.32 Å². The van der Waals surface area contributed by atoms with Crippen LogP contribution in [0, 0.1) is 11.8 Å². The van der Waals surface area contributed by atoms with Crippen LogP contribution in [-0.2, 0) is 18.8 Å². The molecule has 0 saturated heterocycles. The average Bonchev–Trinajstić information content (AvgIpc) is 2.57. The maximum Gasteiger partial charge on any atom is 0.410 e. The van der Waals surface area contributed by atoms with Crippen LogP contribution in [0.25, 0.3) is 0 Å². The third-order valence-corrected chi connectivity index (χ3v) is 5.96. The van der Waals surface area contributed by atoms with Gasteiger partial charge in [-0.1, -0.05) is 51.4 Å². The van der Waals surface area contributed by atoms with Crippen molar-refractivity contribution >= 4 is 31.0 Å². The molecule has 0 saturated carbocycles. The van der Waals surface area contributed by atoms with E-state index in [9.17, 15) is 19.0 Å². The van der Waals surface area contributed by atoms with Crippen LogP contribution in [0.1, 0.15) is 45.3 Å². The molecule has 2 unspecified atom stereocenters. The fraction of sp³-hybridized carbons (Fsp3) is 0.579. The summed E-state index contributed by atoms with van der Waals surface area (Å²) >= 11 is 5.86. The van der Waals surface area contributed by atoms with Gasteiger partial charge in [0, 0.05) is 24.2 Å². The van der Waals surface area contributed by atoms with Crippen molar-refractivity contribution < 1.29 is 28.5 Å². The maximum atomic E-state index is 12.2. The molecule has 28 heavy (non-hydrogen) atoms. The van der Waals surface area contributed by atoms with Gasteiger partial charge in [0.2, 0.25) is 7.37 Å². The fourth-order valence-electron chi connectivity index (χ4n) is 2.37. The first-order valence-corrected chi connectivity index (χ1v) is 11.7. The molecule has 0 radical (unpaired) electrons. The van der Waals surface area contributed by atoms with Gasteiger partial charge < -0.3 is 19.7 Å². The molecule has 0 aliphatic rings. The second-order valence-corrected chi connectivity index (χ2v) is 10.3. The molecule has 7 nitrogen and oxygen atoms in total. The van der Waals surface area contributed by atoms with Crippen LogP contribution in [-0.4, -0.2) is 36.5 Å². The number of hydrogen-bond acceptors (Lipinski definition) is 5. The van der Waals surface area contributed by atoms with Crippen LogP contribution in [0.3, 0.4) is 0 Å².